The molecular weight excluding hydrogens is 194 g/mol. The largest absolute Gasteiger partial charge is 0.462 e. The van der Waals surface area contributed by atoms with E-state index in [9.17, 15) is 9.59 Å². The molecule has 0 atom stereocenters. The number of allylic oxidation sites excluding steroid dienone is 1. The topological polar surface area (TPSA) is 55.4 Å². The van der Waals surface area contributed by atoms with Crippen molar-refractivity contribution >= 4 is 12.4 Å². The van der Waals surface area contributed by atoms with Crippen LogP contribution in [0.1, 0.15) is 40.0 Å². The maximum absolute atomic E-state index is 9.94. The maximum atomic E-state index is 9.94. The molecule has 0 saturated carbocycles. The number of nitrogens with one attached hydrogen (secondary N) is 1. The Bertz CT molecular complexity index is 229. The van der Waals surface area contributed by atoms with Crippen molar-refractivity contribution in [3.63, 3.8) is 0 Å². The Balaban J connectivity index is 0.000000265. The predicted octanol–water partition coefficient (Wildman–Crippen LogP) is 1.43. The van der Waals surface area contributed by atoms with Crippen molar-refractivity contribution in [3.8, 4) is 0 Å². The molecule has 1 rings (SSSR count). The third kappa shape index (κ3) is 9.03. The standard InChI is InChI=1S/C6H9NO.C5H10O2/c8-5-6-3-1-2-4-7-6;1-5(2,3)7-4-6/h7H,1-4H2;4H,1-3H3. The average molecular weight is 213 g/mol. The molecule has 1 aliphatic rings. The zero-order valence-corrected chi connectivity index (χ0v) is 9.63. The van der Waals surface area contributed by atoms with E-state index in [2.05, 4.69) is 10.1 Å². The molecule has 1 aliphatic heterocycles. The fraction of sp³-hybridized carbons (Fsp3) is 0.727. The minimum atomic E-state index is -0.318. The van der Waals surface area contributed by atoms with Gasteiger partial charge in [0.05, 0.1) is 5.70 Å². The molecule has 0 aromatic rings. The summed E-state index contributed by atoms with van der Waals surface area (Å²) < 4.78 is 4.55. The summed E-state index contributed by atoms with van der Waals surface area (Å²) in [6.07, 6.45) is 3.21. The lowest BCUT2D eigenvalue weighted by molar-refractivity contribution is -0.138. The Labute approximate surface area is 90.7 Å². The normalized spacial score (nSPS) is 15.3. The molecule has 4 nitrogen and oxygen atoms in total. The van der Waals surface area contributed by atoms with Gasteiger partial charge in [-0.2, -0.15) is 0 Å². The Morgan fingerprint density at radius 2 is 2.07 bits per heavy atom. The van der Waals surface area contributed by atoms with Crippen LogP contribution in [0.3, 0.4) is 0 Å². The van der Waals surface area contributed by atoms with Crippen LogP contribution in [0.15, 0.2) is 5.70 Å². The molecule has 0 aromatic heterocycles. The molecule has 0 spiro atoms. The van der Waals surface area contributed by atoms with Crippen LogP contribution in [0.4, 0.5) is 0 Å². The van der Waals surface area contributed by atoms with Gasteiger partial charge in [0.15, 0.2) is 0 Å². The lowest BCUT2D eigenvalue weighted by atomic mass is 10.1. The first kappa shape index (κ1) is 13.7. The van der Waals surface area contributed by atoms with Crippen molar-refractivity contribution in [1.29, 1.82) is 0 Å². The lowest BCUT2D eigenvalue weighted by Gasteiger charge is -2.14. The van der Waals surface area contributed by atoms with Gasteiger partial charge in [-0.25, -0.2) is 4.79 Å². The Morgan fingerprint density at radius 3 is 2.27 bits per heavy atom. The van der Waals surface area contributed by atoms with Gasteiger partial charge in [0.25, 0.3) is 6.47 Å². The summed E-state index contributed by atoms with van der Waals surface area (Å²) in [5.41, 5.74) is 0.429. The molecule has 0 aliphatic carbocycles. The fourth-order valence-electron chi connectivity index (χ4n) is 0.986. The van der Waals surface area contributed by atoms with Crippen LogP contribution in [0, 0.1) is 0 Å². The summed E-state index contributed by atoms with van der Waals surface area (Å²) in [5, 5.41) is 2.96. The lowest BCUT2D eigenvalue weighted by Crippen LogP contribution is -2.19. The number of carbonyl (C=O) groups excluding carboxylic acids is 2. The third-order valence-electron chi connectivity index (χ3n) is 1.72. The van der Waals surface area contributed by atoms with Gasteiger partial charge in [0.2, 0.25) is 0 Å². The number of rotatable bonds is 1. The van der Waals surface area contributed by atoms with Crippen molar-refractivity contribution in [2.24, 2.45) is 0 Å². The third-order valence-corrected chi connectivity index (χ3v) is 1.72. The molecule has 0 radical (unpaired) electrons. The van der Waals surface area contributed by atoms with Gasteiger partial charge >= 0.3 is 0 Å². The van der Waals surface area contributed by atoms with E-state index >= 15 is 0 Å². The summed E-state index contributed by atoms with van der Waals surface area (Å²) in [5.74, 6) is 1.86. The van der Waals surface area contributed by atoms with Gasteiger partial charge < -0.3 is 10.1 Å². The van der Waals surface area contributed by atoms with Crippen molar-refractivity contribution in [2.45, 2.75) is 45.6 Å². The van der Waals surface area contributed by atoms with E-state index in [1.54, 1.807) is 0 Å². The van der Waals surface area contributed by atoms with E-state index in [0.29, 0.717) is 6.47 Å². The highest BCUT2D eigenvalue weighted by atomic mass is 16.5. The van der Waals surface area contributed by atoms with E-state index in [-0.39, 0.29) is 5.60 Å². The second kappa shape index (κ2) is 7.07. The van der Waals surface area contributed by atoms with Gasteiger partial charge in [0, 0.05) is 6.54 Å². The molecule has 0 aromatic carbocycles. The van der Waals surface area contributed by atoms with Crippen LogP contribution in [-0.2, 0) is 14.3 Å². The molecule has 86 valence electrons. The predicted molar refractivity (Wildman–Crippen MR) is 58.0 cm³/mol. The highest BCUT2D eigenvalue weighted by molar-refractivity contribution is 5.51. The first-order valence-corrected chi connectivity index (χ1v) is 5.09. The van der Waals surface area contributed by atoms with E-state index < -0.39 is 0 Å². The summed E-state index contributed by atoms with van der Waals surface area (Å²) in [6.45, 7) is 6.87. The summed E-state index contributed by atoms with van der Waals surface area (Å²) in [4.78, 5) is 19.5. The van der Waals surface area contributed by atoms with E-state index in [4.69, 9.17) is 0 Å². The van der Waals surface area contributed by atoms with Crippen molar-refractivity contribution in [1.82, 2.24) is 5.32 Å². The minimum Gasteiger partial charge on any atom is -0.462 e. The van der Waals surface area contributed by atoms with Crippen LogP contribution in [-0.4, -0.2) is 24.6 Å². The second-order valence-electron chi connectivity index (χ2n) is 4.29. The molecule has 0 unspecified atom stereocenters. The summed E-state index contributed by atoms with van der Waals surface area (Å²) in [7, 11) is 0. The highest BCUT2D eigenvalue weighted by Gasteiger charge is 2.07. The van der Waals surface area contributed by atoms with Gasteiger partial charge in [-0.3, -0.25) is 4.79 Å². The maximum Gasteiger partial charge on any atom is 0.293 e. The van der Waals surface area contributed by atoms with Gasteiger partial charge in [-0.15, -0.1) is 0 Å². The Morgan fingerprint density at radius 1 is 1.40 bits per heavy atom. The quantitative estimate of drug-likeness (QED) is 0.529. The molecular formula is C11H19NO3. The Kier molecular flexibility index (Phi) is 6.47. The fourth-order valence-corrected chi connectivity index (χ4v) is 0.986. The molecule has 0 amide bonds. The zero-order valence-electron chi connectivity index (χ0n) is 9.63. The van der Waals surface area contributed by atoms with Crippen LogP contribution in [0.5, 0.6) is 0 Å². The van der Waals surface area contributed by atoms with E-state index in [1.165, 1.54) is 6.42 Å². The van der Waals surface area contributed by atoms with Crippen molar-refractivity contribution < 1.29 is 14.3 Å². The van der Waals surface area contributed by atoms with Crippen LogP contribution in [0.2, 0.25) is 0 Å². The summed E-state index contributed by atoms with van der Waals surface area (Å²) >= 11 is 0. The first-order chi connectivity index (χ1) is 6.99. The van der Waals surface area contributed by atoms with Gasteiger partial charge in [0.1, 0.15) is 11.5 Å². The van der Waals surface area contributed by atoms with Crippen molar-refractivity contribution in [2.75, 3.05) is 6.54 Å². The SMILES string of the molecule is CC(C)(C)OC=O.O=C=C1CCCCN1. The first-order valence-electron chi connectivity index (χ1n) is 5.09. The summed E-state index contributed by atoms with van der Waals surface area (Å²) in [6, 6.07) is 0. The van der Waals surface area contributed by atoms with Crippen LogP contribution >= 0.6 is 0 Å². The van der Waals surface area contributed by atoms with E-state index in [0.717, 1.165) is 25.1 Å². The zero-order chi connectivity index (χ0) is 11.7. The molecule has 1 N–H and O–H groups in total. The monoisotopic (exact) mass is 213 g/mol. The molecule has 1 saturated heterocycles. The average Bonchev–Trinajstić information content (AvgIpc) is 2.18. The smallest absolute Gasteiger partial charge is 0.293 e. The molecule has 1 fully saturated rings. The van der Waals surface area contributed by atoms with Gasteiger partial charge in [-0.1, -0.05) is 0 Å². The Hall–Kier alpha value is -1.28. The number of piperidine rings is 1. The molecule has 15 heavy (non-hydrogen) atoms. The highest BCUT2D eigenvalue weighted by Crippen LogP contribution is 2.05. The van der Waals surface area contributed by atoms with E-state index in [1.807, 2.05) is 26.7 Å². The minimum absolute atomic E-state index is 0.318. The molecule has 0 bridgehead atoms. The van der Waals surface area contributed by atoms with Crippen molar-refractivity contribution in [3.05, 3.63) is 5.70 Å². The van der Waals surface area contributed by atoms with Crippen LogP contribution in [0.25, 0.3) is 0 Å². The van der Waals surface area contributed by atoms with Gasteiger partial charge in [-0.05, 0) is 40.0 Å². The number of carbonyl (C=O) groups is 1. The second-order valence-corrected chi connectivity index (χ2v) is 4.29. The number of ether oxygens (including phenoxy) is 1. The number of hydrogen-bond acceptors (Lipinski definition) is 4. The number of hydrogen-bond donors (Lipinski definition) is 1. The van der Waals surface area contributed by atoms with Crippen LogP contribution < -0.4 is 5.32 Å². The molecule has 1 heterocycles. The molecule has 4 heteroatoms.